The summed E-state index contributed by atoms with van der Waals surface area (Å²) in [6.07, 6.45) is 3.73. The van der Waals surface area contributed by atoms with Crippen LogP contribution < -0.4 is 10.9 Å². The van der Waals surface area contributed by atoms with Crippen molar-refractivity contribution >= 4 is 32.4 Å². The first-order valence-electron chi connectivity index (χ1n) is 10.7. The van der Waals surface area contributed by atoms with Crippen LogP contribution in [0.1, 0.15) is 36.9 Å². The molecule has 1 aliphatic heterocycles. The van der Waals surface area contributed by atoms with Gasteiger partial charge in [-0.1, -0.05) is 37.1 Å². The van der Waals surface area contributed by atoms with Gasteiger partial charge in [0.15, 0.2) is 0 Å². The van der Waals surface area contributed by atoms with Gasteiger partial charge in [0.1, 0.15) is 0 Å². The molecule has 0 unspecified atom stereocenters. The number of hydrogen-bond acceptors (Lipinski definition) is 5. The molecule has 2 heterocycles. The maximum absolute atomic E-state index is 13.1. The van der Waals surface area contributed by atoms with Crippen LogP contribution in [0.3, 0.4) is 0 Å². The highest BCUT2D eigenvalue weighted by Crippen LogP contribution is 2.25. The van der Waals surface area contributed by atoms with Gasteiger partial charge in [0, 0.05) is 24.2 Å². The van der Waals surface area contributed by atoms with Gasteiger partial charge in [-0.3, -0.25) is 9.59 Å². The predicted octanol–water partition coefficient (Wildman–Crippen LogP) is 2.98. The number of sulfonamides is 1. The summed E-state index contributed by atoms with van der Waals surface area (Å²) in [6.45, 7) is 2.84. The van der Waals surface area contributed by atoms with E-state index in [1.54, 1.807) is 36.4 Å². The lowest BCUT2D eigenvalue weighted by atomic mass is 10.1. The Hall–Kier alpha value is -3.04. The van der Waals surface area contributed by atoms with Crippen molar-refractivity contribution in [3.8, 4) is 0 Å². The van der Waals surface area contributed by atoms with E-state index in [2.05, 4.69) is 15.5 Å². The minimum Gasteiger partial charge on any atom is -0.325 e. The molecule has 0 spiro atoms. The summed E-state index contributed by atoms with van der Waals surface area (Å²) < 4.78 is 27.8. The number of nitrogens with zero attached hydrogens (tertiary/aromatic N) is 2. The van der Waals surface area contributed by atoms with Crippen molar-refractivity contribution in [3.63, 3.8) is 0 Å². The molecule has 4 rings (SSSR count). The van der Waals surface area contributed by atoms with Crippen LogP contribution in [0.15, 0.2) is 52.2 Å². The molecule has 1 fully saturated rings. The largest absolute Gasteiger partial charge is 0.325 e. The van der Waals surface area contributed by atoms with Gasteiger partial charge in [-0.2, -0.15) is 9.40 Å². The lowest BCUT2D eigenvalue weighted by Crippen LogP contribution is -2.32. The molecule has 1 saturated heterocycles. The molecule has 0 radical (unpaired) electrons. The summed E-state index contributed by atoms with van der Waals surface area (Å²) in [5, 5.41) is 10.3. The number of anilines is 1. The normalized spacial score (nSPS) is 15.4. The molecule has 8 nitrogen and oxygen atoms in total. The molecule has 0 atom stereocenters. The Labute approximate surface area is 186 Å². The summed E-state index contributed by atoms with van der Waals surface area (Å²) in [5.41, 5.74) is 1.34. The number of benzene rings is 2. The molecule has 168 valence electrons. The first-order valence-corrected chi connectivity index (χ1v) is 12.2. The van der Waals surface area contributed by atoms with Crippen LogP contribution in [0.2, 0.25) is 0 Å². The van der Waals surface area contributed by atoms with Crippen molar-refractivity contribution in [3.05, 3.63) is 64.1 Å². The van der Waals surface area contributed by atoms with Gasteiger partial charge in [-0.05, 0) is 43.5 Å². The Morgan fingerprint density at radius 1 is 1.06 bits per heavy atom. The minimum atomic E-state index is -3.62. The van der Waals surface area contributed by atoms with Crippen LogP contribution in [-0.4, -0.2) is 41.9 Å². The van der Waals surface area contributed by atoms with Crippen LogP contribution in [0.25, 0.3) is 10.8 Å². The van der Waals surface area contributed by atoms with Crippen LogP contribution in [0.5, 0.6) is 0 Å². The monoisotopic (exact) mass is 454 g/mol. The summed E-state index contributed by atoms with van der Waals surface area (Å²) in [6, 6.07) is 11.8. The summed E-state index contributed by atoms with van der Waals surface area (Å²) in [4.78, 5) is 24.9. The SMILES string of the molecule is Cc1ccc(S(=O)(=O)N2CCCCCC2)cc1NC(=O)Cc1n[nH]c(=O)c2ccccc12. The maximum atomic E-state index is 13.1. The van der Waals surface area contributed by atoms with E-state index >= 15 is 0 Å². The Balaban J connectivity index is 1.57. The zero-order chi connectivity index (χ0) is 22.7. The van der Waals surface area contributed by atoms with E-state index in [1.807, 2.05) is 6.92 Å². The van der Waals surface area contributed by atoms with E-state index in [0.717, 1.165) is 31.2 Å². The lowest BCUT2D eigenvalue weighted by Gasteiger charge is -2.20. The number of hydrogen-bond donors (Lipinski definition) is 2. The average molecular weight is 455 g/mol. The van der Waals surface area contributed by atoms with Crippen LogP contribution in [-0.2, 0) is 21.2 Å². The molecule has 1 aromatic heterocycles. The van der Waals surface area contributed by atoms with Gasteiger partial charge in [-0.15, -0.1) is 0 Å². The van der Waals surface area contributed by atoms with Gasteiger partial charge in [-0.25, -0.2) is 13.5 Å². The zero-order valence-corrected chi connectivity index (χ0v) is 18.7. The van der Waals surface area contributed by atoms with Crippen molar-refractivity contribution in [2.75, 3.05) is 18.4 Å². The van der Waals surface area contributed by atoms with Crippen LogP contribution >= 0.6 is 0 Å². The molecule has 1 aliphatic rings. The number of carbonyl (C=O) groups is 1. The van der Waals surface area contributed by atoms with Crippen molar-refractivity contribution in [1.29, 1.82) is 0 Å². The van der Waals surface area contributed by atoms with E-state index < -0.39 is 10.0 Å². The molecule has 1 amide bonds. The summed E-state index contributed by atoms with van der Waals surface area (Å²) >= 11 is 0. The maximum Gasteiger partial charge on any atom is 0.272 e. The summed E-state index contributed by atoms with van der Waals surface area (Å²) in [5.74, 6) is -0.345. The van der Waals surface area contributed by atoms with E-state index in [-0.39, 0.29) is 22.8 Å². The number of amides is 1. The average Bonchev–Trinajstić information content (AvgIpc) is 3.08. The Morgan fingerprint density at radius 2 is 1.75 bits per heavy atom. The molecule has 3 aromatic rings. The van der Waals surface area contributed by atoms with Crippen molar-refractivity contribution in [2.45, 2.75) is 43.9 Å². The number of rotatable bonds is 5. The minimum absolute atomic E-state index is 0.0557. The van der Waals surface area contributed by atoms with Gasteiger partial charge in [0.25, 0.3) is 5.56 Å². The number of carbonyl (C=O) groups excluding carboxylic acids is 1. The van der Waals surface area contributed by atoms with E-state index in [1.165, 1.54) is 10.4 Å². The molecular formula is C23H26N4O4S. The number of aromatic nitrogens is 2. The van der Waals surface area contributed by atoms with Crippen molar-refractivity contribution in [2.24, 2.45) is 0 Å². The summed E-state index contributed by atoms with van der Waals surface area (Å²) in [7, 11) is -3.62. The predicted molar refractivity (Wildman–Crippen MR) is 123 cm³/mol. The number of fused-ring (bicyclic) bond motifs is 1. The van der Waals surface area contributed by atoms with Crippen LogP contribution in [0, 0.1) is 6.92 Å². The molecule has 2 aromatic carbocycles. The number of aromatic amines is 1. The third-order valence-electron chi connectivity index (χ3n) is 5.79. The second-order valence-corrected chi connectivity index (χ2v) is 10.0. The van der Waals surface area contributed by atoms with E-state index in [0.29, 0.717) is 35.2 Å². The highest BCUT2D eigenvalue weighted by molar-refractivity contribution is 7.89. The third kappa shape index (κ3) is 4.58. The van der Waals surface area contributed by atoms with Crippen LogP contribution in [0.4, 0.5) is 5.69 Å². The molecule has 32 heavy (non-hydrogen) atoms. The topological polar surface area (TPSA) is 112 Å². The standard InChI is InChI=1S/C23H26N4O4S/c1-16-10-11-17(32(30,31)27-12-6-2-3-7-13-27)14-20(16)24-22(28)15-21-18-8-4-5-9-19(18)23(29)26-25-21/h4-5,8-11,14H,2-3,6-7,12-13,15H2,1H3,(H,24,28)(H,26,29). The Bertz CT molecular complexity index is 1310. The molecule has 9 heteroatoms. The van der Waals surface area contributed by atoms with Crippen molar-refractivity contribution in [1.82, 2.24) is 14.5 Å². The molecule has 2 N–H and O–H groups in total. The van der Waals surface area contributed by atoms with E-state index in [9.17, 15) is 18.0 Å². The number of nitrogens with one attached hydrogen (secondary N) is 2. The van der Waals surface area contributed by atoms with Crippen molar-refractivity contribution < 1.29 is 13.2 Å². The second-order valence-electron chi connectivity index (χ2n) is 8.06. The molecule has 0 aliphatic carbocycles. The van der Waals surface area contributed by atoms with Gasteiger partial charge < -0.3 is 5.32 Å². The molecule has 0 saturated carbocycles. The van der Waals surface area contributed by atoms with Gasteiger partial charge in [0.05, 0.1) is 22.4 Å². The first kappa shape index (κ1) is 22.2. The van der Waals surface area contributed by atoms with E-state index in [4.69, 9.17) is 0 Å². The fraction of sp³-hybridized carbons (Fsp3) is 0.348. The lowest BCUT2D eigenvalue weighted by molar-refractivity contribution is -0.115. The molecular weight excluding hydrogens is 428 g/mol. The number of H-pyrrole nitrogens is 1. The molecule has 0 bridgehead atoms. The highest BCUT2D eigenvalue weighted by atomic mass is 32.2. The van der Waals surface area contributed by atoms with Gasteiger partial charge in [0.2, 0.25) is 15.9 Å². The quantitative estimate of drug-likeness (QED) is 0.616. The highest BCUT2D eigenvalue weighted by Gasteiger charge is 2.26. The smallest absolute Gasteiger partial charge is 0.272 e. The fourth-order valence-electron chi connectivity index (χ4n) is 3.98. The third-order valence-corrected chi connectivity index (χ3v) is 7.68. The fourth-order valence-corrected chi connectivity index (χ4v) is 5.52. The number of aryl methyl sites for hydroxylation is 1. The second kappa shape index (κ2) is 9.22. The Morgan fingerprint density at radius 3 is 2.47 bits per heavy atom. The first-order chi connectivity index (χ1) is 15.4. The van der Waals surface area contributed by atoms with Gasteiger partial charge >= 0.3 is 0 Å². The Kier molecular flexibility index (Phi) is 6.38. The zero-order valence-electron chi connectivity index (χ0n) is 17.9.